The van der Waals surface area contributed by atoms with Crippen molar-refractivity contribution in [1.82, 2.24) is 14.8 Å². The summed E-state index contributed by atoms with van der Waals surface area (Å²) in [5.41, 5.74) is 2.02. The van der Waals surface area contributed by atoms with E-state index >= 15 is 0 Å². The lowest BCUT2D eigenvalue weighted by atomic mass is 10.2. The molecule has 4 rings (SSSR count). The van der Waals surface area contributed by atoms with E-state index in [1.165, 1.54) is 17.6 Å². The lowest BCUT2D eigenvalue weighted by Crippen LogP contribution is -2.30. The summed E-state index contributed by atoms with van der Waals surface area (Å²) in [5.74, 6) is 0.166. The molecule has 0 aliphatic rings. The number of amides is 1. The summed E-state index contributed by atoms with van der Waals surface area (Å²) < 4.78 is 8.18. The number of carbonyl (C=O) groups is 1. The minimum atomic E-state index is -0.406. The van der Waals surface area contributed by atoms with Gasteiger partial charge in [0.25, 0.3) is 5.56 Å². The van der Waals surface area contributed by atoms with Gasteiger partial charge in [0.2, 0.25) is 5.91 Å². The first kappa shape index (κ1) is 18.6. The van der Waals surface area contributed by atoms with E-state index in [1.807, 2.05) is 26.0 Å². The topological polar surface area (TPSA) is 90.0 Å². The molecule has 0 aliphatic heterocycles. The normalized spacial score (nSPS) is 11.1. The fourth-order valence-corrected chi connectivity index (χ4v) is 3.95. The number of halogens is 1. The number of hydrogen-bond donors (Lipinski definition) is 1. The number of furan rings is 1. The molecule has 1 aromatic carbocycles. The number of aromatic nitrogens is 3. The number of benzene rings is 1. The van der Waals surface area contributed by atoms with Gasteiger partial charge < -0.3 is 9.73 Å². The summed E-state index contributed by atoms with van der Waals surface area (Å²) in [6.45, 7) is 3.52. The highest BCUT2D eigenvalue weighted by molar-refractivity contribution is 9.10. The highest BCUT2D eigenvalue weighted by Crippen LogP contribution is 2.29. The average molecular weight is 459 g/mol. The number of aryl methyl sites for hydroxylation is 2. The minimum Gasteiger partial charge on any atom is -0.463 e. The predicted octanol–water partition coefficient (Wildman–Crippen LogP) is 4.13. The van der Waals surface area contributed by atoms with Gasteiger partial charge in [-0.15, -0.1) is 11.3 Å². The van der Waals surface area contributed by atoms with E-state index in [0.29, 0.717) is 21.8 Å². The molecule has 142 valence electrons. The zero-order valence-electron chi connectivity index (χ0n) is 15.0. The van der Waals surface area contributed by atoms with Crippen LogP contribution in [0.25, 0.3) is 21.7 Å². The summed E-state index contributed by atoms with van der Waals surface area (Å²) in [6.07, 6.45) is 1.54. The molecule has 0 spiro atoms. The first-order chi connectivity index (χ1) is 13.4. The van der Waals surface area contributed by atoms with E-state index < -0.39 is 5.56 Å². The molecule has 0 saturated heterocycles. The van der Waals surface area contributed by atoms with Crippen LogP contribution in [0.3, 0.4) is 0 Å². The first-order valence-electron chi connectivity index (χ1n) is 8.40. The Labute approximate surface area is 172 Å². The molecule has 0 radical (unpaired) electrons. The van der Waals surface area contributed by atoms with Crippen LogP contribution in [-0.4, -0.2) is 20.7 Å². The molecule has 0 bridgehead atoms. The highest BCUT2D eigenvalue weighted by atomic mass is 79.9. The van der Waals surface area contributed by atoms with E-state index in [-0.39, 0.29) is 18.0 Å². The van der Waals surface area contributed by atoms with Crippen molar-refractivity contribution >= 4 is 49.1 Å². The number of hydrogen-bond acceptors (Lipinski definition) is 6. The molecule has 4 aromatic rings. The van der Waals surface area contributed by atoms with Gasteiger partial charge in [0.15, 0.2) is 11.3 Å². The van der Waals surface area contributed by atoms with Crippen molar-refractivity contribution in [3.05, 3.63) is 62.0 Å². The van der Waals surface area contributed by atoms with Gasteiger partial charge >= 0.3 is 0 Å². The van der Waals surface area contributed by atoms with E-state index in [2.05, 4.69) is 31.3 Å². The fraction of sp³-hybridized carbons (Fsp3) is 0.158. The highest BCUT2D eigenvalue weighted by Gasteiger charge is 2.19. The lowest BCUT2D eigenvalue weighted by molar-refractivity contribution is -0.117. The Morgan fingerprint density at radius 1 is 1.32 bits per heavy atom. The third-order valence-electron chi connectivity index (χ3n) is 4.10. The molecule has 1 N–H and O–H groups in total. The van der Waals surface area contributed by atoms with Crippen molar-refractivity contribution in [2.24, 2.45) is 0 Å². The molecule has 9 heteroatoms. The third-order valence-corrected chi connectivity index (χ3v) is 5.96. The van der Waals surface area contributed by atoms with Crippen LogP contribution in [0, 0.1) is 13.8 Å². The largest absolute Gasteiger partial charge is 0.463 e. The zero-order valence-corrected chi connectivity index (χ0v) is 17.4. The maximum atomic E-state index is 12.8. The Morgan fingerprint density at radius 2 is 2.14 bits per heavy atom. The van der Waals surface area contributed by atoms with Crippen LogP contribution in [0.4, 0.5) is 5.69 Å². The molecule has 28 heavy (non-hydrogen) atoms. The Kier molecular flexibility index (Phi) is 4.86. The molecular weight excluding hydrogens is 444 g/mol. The molecular formula is C19H15BrN4O3S. The molecule has 0 atom stereocenters. The van der Waals surface area contributed by atoms with Gasteiger partial charge in [-0.2, -0.15) is 5.10 Å². The van der Waals surface area contributed by atoms with Crippen molar-refractivity contribution in [2.45, 2.75) is 20.4 Å². The summed E-state index contributed by atoms with van der Waals surface area (Å²) in [7, 11) is 0. The second-order valence-corrected chi connectivity index (χ2v) is 8.27. The molecule has 0 aliphatic carbocycles. The maximum absolute atomic E-state index is 12.8. The van der Waals surface area contributed by atoms with Gasteiger partial charge in [-0.25, -0.2) is 9.67 Å². The lowest BCUT2D eigenvalue weighted by Gasteiger charge is -2.09. The van der Waals surface area contributed by atoms with Crippen LogP contribution >= 0.6 is 27.3 Å². The molecule has 0 unspecified atom stereocenters. The molecule has 7 nitrogen and oxygen atoms in total. The van der Waals surface area contributed by atoms with Crippen LogP contribution in [0.15, 0.2) is 50.3 Å². The molecule has 0 saturated carbocycles. The van der Waals surface area contributed by atoms with Crippen molar-refractivity contribution in [3.8, 4) is 11.5 Å². The Balaban J connectivity index is 1.70. The van der Waals surface area contributed by atoms with Gasteiger partial charge in [0.1, 0.15) is 12.2 Å². The van der Waals surface area contributed by atoms with Crippen LogP contribution in [0.1, 0.15) is 10.6 Å². The van der Waals surface area contributed by atoms with Crippen molar-refractivity contribution in [1.29, 1.82) is 0 Å². The second kappa shape index (κ2) is 7.33. The number of thiazole rings is 1. The fourth-order valence-electron chi connectivity index (χ4n) is 2.81. The number of rotatable bonds is 4. The van der Waals surface area contributed by atoms with Gasteiger partial charge in [0, 0.05) is 10.2 Å². The van der Waals surface area contributed by atoms with E-state index in [1.54, 1.807) is 18.2 Å². The Hall–Kier alpha value is -2.78. The number of carbonyl (C=O) groups excluding carboxylic acids is 1. The molecule has 1 amide bonds. The summed E-state index contributed by atoms with van der Waals surface area (Å²) in [6, 6.07) is 8.99. The van der Waals surface area contributed by atoms with Gasteiger partial charge in [0.05, 0.1) is 16.0 Å². The van der Waals surface area contributed by atoms with E-state index in [9.17, 15) is 9.59 Å². The number of nitrogens with zero attached hydrogens (tertiary/aromatic N) is 3. The van der Waals surface area contributed by atoms with Gasteiger partial charge in [-0.1, -0.05) is 15.9 Å². The number of anilines is 1. The number of fused-ring (bicyclic) bond motifs is 1. The molecule has 3 aromatic heterocycles. The van der Waals surface area contributed by atoms with Crippen LogP contribution in [0.5, 0.6) is 0 Å². The van der Waals surface area contributed by atoms with Crippen LogP contribution < -0.4 is 10.9 Å². The zero-order chi connectivity index (χ0) is 19.8. The van der Waals surface area contributed by atoms with Gasteiger partial charge in [-0.3, -0.25) is 9.59 Å². The van der Waals surface area contributed by atoms with E-state index in [4.69, 9.17) is 4.42 Å². The summed E-state index contributed by atoms with van der Waals surface area (Å²) in [5, 5.41) is 7.92. The quantitative estimate of drug-likeness (QED) is 0.496. The standard InChI is InChI=1S/C19H15BrN4O3S/c1-10-8-12(5-6-13(10)20)22-15(25)9-24-19(26)17-18(28-11(2)21-17)16(23-24)14-4-3-7-27-14/h3-8H,9H2,1-2H3,(H,22,25). The Bertz CT molecular complexity index is 1240. The van der Waals surface area contributed by atoms with Crippen LogP contribution in [-0.2, 0) is 11.3 Å². The SMILES string of the molecule is Cc1nc2c(=O)n(CC(=O)Nc3ccc(Br)c(C)c3)nc(-c3ccco3)c2s1. The van der Waals surface area contributed by atoms with E-state index in [0.717, 1.165) is 19.7 Å². The van der Waals surface area contributed by atoms with Gasteiger partial charge in [-0.05, 0) is 49.7 Å². The first-order valence-corrected chi connectivity index (χ1v) is 10.0. The third kappa shape index (κ3) is 3.50. The minimum absolute atomic E-state index is 0.228. The number of nitrogens with one attached hydrogen (secondary N) is 1. The van der Waals surface area contributed by atoms with Crippen molar-refractivity contribution in [3.63, 3.8) is 0 Å². The predicted molar refractivity (Wildman–Crippen MR) is 112 cm³/mol. The average Bonchev–Trinajstić information content (AvgIpc) is 3.30. The molecule has 0 fully saturated rings. The summed E-state index contributed by atoms with van der Waals surface area (Å²) >= 11 is 4.80. The summed E-state index contributed by atoms with van der Waals surface area (Å²) in [4.78, 5) is 29.6. The van der Waals surface area contributed by atoms with Crippen molar-refractivity contribution < 1.29 is 9.21 Å². The second-order valence-electron chi connectivity index (χ2n) is 6.21. The van der Waals surface area contributed by atoms with Crippen molar-refractivity contribution in [2.75, 3.05) is 5.32 Å². The maximum Gasteiger partial charge on any atom is 0.294 e. The van der Waals surface area contributed by atoms with Crippen LogP contribution in [0.2, 0.25) is 0 Å². The smallest absolute Gasteiger partial charge is 0.294 e. The monoisotopic (exact) mass is 458 g/mol. The Morgan fingerprint density at radius 3 is 2.86 bits per heavy atom. The molecule has 3 heterocycles.